The predicted octanol–water partition coefficient (Wildman–Crippen LogP) is 3.84. The molecule has 0 saturated heterocycles. The average molecular weight is 344 g/mol. The van der Waals surface area contributed by atoms with Gasteiger partial charge in [0, 0.05) is 5.54 Å². The maximum absolute atomic E-state index is 12.1. The van der Waals surface area contributed by atoms with E-state index in [1.165, 1.54) is 12.4 Å². The smallest absolute Gasteiger partial charge is 0.408 e. The molecule has 1 N–H and O–H groups in total. The van der Waals surface area contributed by atoms with Crippen molar-refractivity contribution in [3.05, 3.63) is 17.7 Å². The minimum Gasteiger partial charge on any atom is -0.486 e. The molecule has 23 heavy (non-hydrogen) atoms. The van der Waals surface area contributed by atoms with Gasteiger partial charge in [-0.15, -0.1) is 0 Å². The summed E-state index contributed by atoms with van der Waals surface area (Å²) < 4.78 is 11.3. The fraction of sp³-hybridized carbons (Fsp3) is 0.688. The van der Waals surface area contributed by atoms with Gasteiger partial charge in [0.15, 0.2) is 5.75 Å². The lowest BCUT2D eigenvalue weighted by Gasteiger charge is -2.32. The normalized spacial score (nSPS) is 14.3. The van der Waals surface area contributed by atoms with Crippen LogP contribution in [0, 0.1) is 5.92 Å². The van der Waals surface area contributed by atoms with Crippen molar-refractivity contribution in [3.63, 3.8) is 0 Å². The third kappa shape index (κ3) is 8.02. The lowest BCUT2D eigenvalue weighted by atomic mass is 9.95. The summed E-state index contributed by atoms with van der Waals surface area (Å²) in [5, 5.41) is 2.95. The number of halogens is 1. The van der Waals surface area contributed by atoms with E-state index in [1.807, 2.05) is 27.7 Å². The SMILES string of the molecule is CC(C)C[C@@](C)(COc1cnc(Cl)nc1)OC(=O)NC(C)(C)C. The van der Waals surface area contributed by atoms with Crippen molar-refractivity contribution in [1.82, 2.24) is 15.3 Å². The Bertz CT molecular complexity index is 514. The van der Waals surface area contributed by atoms with Gasteiger partial charge in [-0.3, -0.25) is 0 Å². The number of nitrogens with zero attached hydrogens (tertiary/aromatic N) is 2. The van der Waals surface area contributed by atoms with Crippen LogP contribution in [0.3, 0.4) is 0 Å². The first kappa shape index (κ1) is 19.5. The number of hydrogen-bond donors (Lipinski definition) is 1. The van der Waals surface area contributed by atoms with Crippen molar-refractivity contribution >= 4 is 17.7 Å². The fourth-order valence-electron chi connectivity index (χ4n) is 2.16. The molecule has 1 aromatic rings. The van der Waals surface area contributed by atoms with E-state index < -0.39 is 11.7 Å². The molecular weight excluding hydrogens is 318 g/mol. The van der Waals surface area contributed by atoms with Gasteiger partial charge in [-0.25, -0.2) is 14.8 Å². The number of carbonyl (C=O) groups excluding carboxylic acids is 1. The molecule has 130 valence electrons. The highest BCUT2D eigenvalue weighted by Crippen LogP contribution is 2.23. The molecule has 0 aliphatic heterocycles. The van der Waals surface area contributed by atoms with Gasteiger partial charge in [0.25, 0.3) is 0 Å². The molecule has 7 heteroatoms. The van der Waals surface area contributed by atoms with E-state index in [9.17, 15) is 4.79 Å². The largest absolute Gasteiger partial charge is 0.486 e. The Kier molecular flexibility index (Phi) is 6.62. The van der Waals surface area contributed by atoms with Crippen molar-refractivity contribution < 1.29 is 14.3 Å². The molecular formula is C16H26ClN3O3. The molecule has 1 rings (SSSR count). The molecule has 1 heterocycles. The van der Waals surface area contributed by atoms with E-state index in [4.69, 9.17) is 21.1 Å². The van der Waals surface area contributed by atoms with Gasteiger partial charge < -0.3 is 14.8 Å². The van der Waals surface area contributed by atoms with Gasteiger partial charge in [0.1, 0.15) is 12.2 Å². The number of hydrogen-bond acceptors (Lipinski definition) is 5. The van der Waals surface area contributed by atoms with E-state index in [0.29, 0.717) is 18.1 Å². The quantitative estimate of drug-likeness (QED) is 0.794. The highest BCUT2D eigenvalue weighted by molar-refractivity contribution is 6.28. The first-order valence-electron chi connectivity index (χ1n) is 7.61. The van der Waals surface area contributed by atoms with Crippen molar-refractivity contribution in [2.75, 3.05) is 6.61 Å². The molecule has 0 unspecified atom stereocenters. The number of nitrogens with one attached hydrogen (secondary N) is 1. The Hall–Kier alpha value is -1.56. The molecule has 0 bridgehead atoms. The summed E-state index contributed by atoms with van der Waals surface area (Å²) in [6.45, 7) is 11.9. The van der Waals surface area contributed by atoms with Gasteiger partial charge >= 0.3 is 6.09 Å². The van der Waals surface area contributed by atoms with E-state index in [1.54, 1.807) is 0 Å². The van der Waals surface area contributed by atoms with Gasteiger partial charge in [-0.05, 0) is 51.6 Å². The van der Waals surface area contributed by atoms with E-state index in [-0.39, 0.29) is 17.4 Å². The maximum Gasteiger partial charge on any atom is 0.408 e. The van der Waals surface area contributed by atoms with Gasteiger partial charge in [-0.1, -0.05) is 13.8 Å². The van der Waals surface area contributed by atoms with Crippen LogP contribution < -0.4 is 10.1 Å². The molecule has 0 radical (unpaired) electrons. The van der Waals surface area contributed by atoms with Gasteiger partial charge in [0.2, 0.25) is 5.28 Å². The van der Waals surface area contributed by atoms with Crippen LogP contribution in [0.5, 0.6) is 5.75 Å². The van der Waals surface area contributed by atoms with Crippen LogP contribution >= 0.6 is 11.6 Å². The topological polar surface area (TPSA) is 73.3 Å². The predicted molar refractivity (Wildman–Crippen MR) is 89.8 cm³/mol. The van der Waals surface area contributed by atoms with E-state index >= 15 is 0 Å². The van der Waals surface area contributed by atoms with Crippen molar-refractivity contribution in [2.45, 2.75) is 59.1 Å². The first-order chi connectivity index (χ1) is 10.5. The Labute approximate surface area is 142 Å². The van der Waals surface area contributed by atoms with Crippen LogP contribution in [0.1, 0.15) is 48.0 Å². The Morgan fingerprint density at radius 1 is 1.26 bits per heavy atom. The number of alkyl carbamates (subject to hydrolysis) is 1. The molecule has 1 amide bonds. The van der Waals surface area contributed by atoms with Gasteiger partial charge in [-0.2, -0.15) is 0 Å². The van der Waals surface area contributed by atoms with Crippen LogP contribution in [0.25, 0.3) is 0 Å². The number of amides is 1. The lowest BCUT2D eigenvalue weighted by Crippen LogP contribution is -2.47. The number of aromatic nitrogens is 2. The average Bonchev–Trinajstić information content (AvgIpc) is 2.34. The zero-order valence-electron chi connectivity index (χ0n) is 14.6. The number of carbonyl (C=O) groups is 1. The number of rotatable bonds is 6. The minimum atomic E-state index is -0.761. The minimum absolute atomic E-state index is 0.156. The molecule has 1 atom stereocenters. The summed E-state index contributed by atoms with van der Waals surface area (Å²) in [6.07, 6.45) is 3.18. The van der Waals surface area contributed by atoms with Crippen LogP contribution in [-0.2, 0) is 4.74 Å². The number of ether oxygens (including phenoxy) is 2. The van der Waals surface area contributed by atoms with Crippen LogP contribution in [0.15, 0.2) is 12.4 Å². The lowest BCUT2D eigenvalue weighted by molar-refractivity contribution is -0.0251. The summed E-state index contributed by atoms with van der Waals surface area (Å²) in [7, 11) is 0. The molecule has 0 spiro atoms. The van der Waals surface area contributed by atoms with Gasteiger partial charge in [0.05, 0.1) is 12.4 Å². The Morgan fingerprint density at radius 2 is 1.83 bits per heavy atom. The summed E-state index contributed by atoms with van der Waals surface area (Å²) in [5.74, 6) is 0.816. The molecule has 0 fully saturated rings. The molecule has 6 nitrogen and oxygen atoms in total. The molecule has 0 aromatic carbocycles. The van der Waals surface area contributed by atoms with Crippen LogP contribution in [0.2, 0.25) is 5.28 Å². The first-order valence-corrected chi connectivity index (χ1v) is 7.98. The second-order valence-corrected chi connectivity index (χ2v) is 7.63. The third-order valence-electron chi connectivity index (χ3n) is 2.80. The molecule has 0 aliphatic rings. The zero-order valence-corrected chi connectivity index (χ0v) is 15.4. The van der Waals surface area contributed by atoms with E-state index in [2.05, 4.69) is 29.1 Å². The summed E-state index contributed by atoms with van der Waals surface area (Å²) in [4.78, 5) is 19.8. The van der Waals surface area contributed by atoms with Crippen LogP contribution in [0.4, 0.5) is 4.79 Å². The third-order valence-corrected chi connectivity index (χ3v) is 2.99. The van der Waals surface area contributed by atoms with Crippen molar-refractivity contribution in [3.8, 4) is 5.75 Å². The van der Waals surface area contributed by atoms with E-state index in [0.717, 1.165) is 0 Å². The summed E-state index contributed by atoms with van der Waals surface area (Å²) >= 11 is 5.65. The Morgan fingerprint density at radius 3 is 2.30 bits per heavy atom. The molecule has 0 saturated carbocycles. The Balaban J connectivity index is 2.72. The standard InChI is InChI=1S/C16H26ClN3O3/c1-11(2)7-16(6,23-14(21)20-15(3,4)5)10-22-12-8-18-13(17)19-9-12/h8-9,11H,7,10H2,1-6H3,(H,20,21)/t16-/m0/s1. The second kappa shape index (κ2) is 7.81. The highest BCUT2D eigenvalue weighted by Gasteiger charge is 2.32. The monoisotopic (exact) mass is 343 g/mol. The summed E-state index contributed by atoms with van der Waals surface area (Å²) in [5.41, 5.74) is -1.12. The van der Waals surface area contributed by atoms with Crippen LogP contribution in [-0.4, -0.2) is 33.8 Å². The van der Waals surface area contributed by atoms with Crippen molar-refractivity contribution in [2.24, 2.45) is 5.92 Å². The second-order valence-electron chi connectivity index (χ2n) is 7.29. The summed E-state index contributed by atoms with van der Waals surface area (Å²) in [6, 6.07) is 0. The zero-order chi connectivity index (χ0) is 17.7. The maximum atomic E-state index is 12.1. The molecule has 0 aliphatic carbocycles. The highest BCUT2D eigenvalue weighted by atomic mass is 35.5. The van der Waals surface area contributed by atoms with Crippen molar-refractivity contribution in [1.29, 1.82) is 0 Å². The molecule has 1 aromatic heterocycles. The fourth-order valence-corrected chi connectivity index (χ4v) is 2.26.